The minimum Gasteiger partial charge on any atom is -0.237 e. The second kappa shape index (κ2) is 9.73. The van der Waals surface area contributed by atoms with E-state index in [2.05, 4.69) is 109 Å². The highest BCUT2D eigenvalue weighted by atomic mass is 15.1. The van der Waals surface area contributed by atoms with E-state index in [0.29, 0.717) is 6.04 Å². The summed E-state index contributed by atoms with van der Waals surface area (Å²) in [6.45, 7) is 8.12. The highest BCUT2D eigenvalue weighted by Gasteiger charge is 2.39. The first kappa shape index (κ1) is 20.4. The maximum Gasteiger partial charge on any atom is 0.244 e. The number of rotatable bonds is 10. The molecule has 0 saturated heterocycles. The second-order valence-corrected chi connectivity index (χ2v) is 8.18. The van der Waals surface area contributed by atoms with Crippen molar-refractivity contribution in [2.45, 2.75) is 70.9 Å². The van der Waals surface area contributed by atoms with Crippen LogP contribution < -0.4 is 4.57 Å². The monoisotopic (exact) mass is 375 g/mol. The van der Waals surface area contributed by atoms with E-state index >= 15 is 0 Å². The van der Waals surface area contributed by atoms with Crippen LogP contribution in [0.15, 0.2) is 79.4 Å². The van der Waals surface area contributed by atoms with Gasteiger partial charge >= 0.3 is 0 Å². The fourth-order valence-electron chi connectivity index (χ4n) is 4.51. The Hall–Kier alpha value is -2.35. The summed E-state index contributed by atoms with van der Waals surface area (Å²) in [4.78, 5) is 0. The number of imidazole rings is 1. The molecule has 0 aliphatic rings. The largest absolute Gasteiger partial charge is 0.244 e. The highest BCUT2D eigenvalue weighted by Crippen LogP contribution is 2.40. The molecular weight excluding hydrogens is 340 g/mol. The summed E-state index contributed by atoms with van der Waals surface area (Å²) in [7, 11) is 0. The van der Waals surface area contributed by atoms with Gasteiger partial charge < -0.3 is 0 Å². The Balaban J connectivity index is 1.93. The molecule has 0 fully saturated rings. The summed E-state index contributed by atoms with van der Waals surface area (Å²) in [6.07, 6.45) is 12.8. The highest BCUT2D eigenvalue weighted by molar-refractivity contribution is 5.30. The molecule has 0 bridgehead atoms. The van der Waals surface area contributed by atoms with Crippen molar-refractivity contribution in [2.24, 2.45) is 0 Å². The number of nitrogens with zero attached hydrogens (tertiary/aromatic N) is 2. The molecule has 1 heterocycles. The zero-order chi connectivity index (χ0) is 19.8. The van der Waals surface area contributed by atoms with Gasteiger partial charge in [0.1, 0.15) is 18.4 Å². The molecule has 0 saturated carbocycles. The normalized spacial score (nSPS) is 14.5. The molecule has 0 radical (unpaired) electrons. The van der Waals surface area contributed by atoms with Crippen molar-refractivity contribution in [3.05, 3.63) is 90.5 Å². The molecule has 0 amide bonds. The summed E-state index contributed by atoms with van der Waals surface area (Å²) in [5.41, 5.74) is 2.84. The average Bonchev–Trinajstić information content (AvgIpc) is 3.18. The van der Waals surface area contributed by atoms with Crippen molar-refractivity contribution in [1.29, 1.82) is 0 Å². The van der Waals surface area contributed by atoms with Gasteiger partial charge in [-0.25, -0.2) is 9.13 Å². The summed E-state index contributed by atoms with van der Waals surface area (Å²) in [5, 5.41) is 0. The first-order chi connectivity index (χ1) is 13.7. The van der Waals surface area contributed by atoms with Crippen LogP contribution in [0.2, 0.25) is 0 Å². The summed E-state index contributed by atoms with van der Waals surface area (Å²) < 4.78 is 4.80. The zero-order valence-electron chi connectivity index (χ0n) is 17.7. The molecule has 148 valence electrons. The van der Waals surface area contributed by atoms with Crippen molar-refractivity contribution in [1.82, 2.24) is 4.57 Å². The lowest BCUT2D eigenvalue weighted by Gasteiger charge is -2.36. The summed E-state index contributed by atoms with van der Waals surface area (Å²) in [5.74, 6) is 0. The quantitative estimate of drug-likeness (QED) is 0.298. The van der Waals surface area contributed by atoms with Crippen molar-refractivity contribution >= 4 is 0 Å². The van der Waals surface area contributed by atoms with Gasteiger partial charge in [0.25, 0.3) is 0 Å². The van der Waals surface area contributed by atoms with Gasteiger partial charge in [0, 0.05) is 5.41 Å². The Morgan fingerprint density at radius 3 is 2.25 bits per heavy atom. The Labute approximate surface area is 170 Å². The second-order valence-electron chi connectivity index (χ2n) is 8.18. The number of benzene rings is 2. The number of hydrogen-bond donors (Lipinski definition) is 0. The number of hydrogen-bond acceptors (Lipinski definition) is 0. The van der Waals surface area contributed by atoms with Crippen LogP contribution in [-0.4, -0.2) is 4.57 Å². The number of aromatic nitrogens is 2. The summed E-state index contributed by atoms with van der Waals surface area (Å²) >= 11 is 0. The van der Waals surface area contributed by atoms with Crippen LogP contribution in [-0.2, 0) is 18.4 Å². The van der Waals surface area contributed by atoms with Gasteiger partial charge in [-0.2, -0.15) is 0 Å². The first-order valence-corrected chi connectivity index (χ1v) is 10.8. The van der Waals surface area contributed by atoms with Crippen LogP contribution in [0, 0.1) is 0 Å². The Kier molecular flexibility index (Phi) is 7.08. The molecule has 1 aromatic heterocycles. The minimum absolute atomic E-state index is 0.0254. The Morgan fingerprint density at radius 1 is 0.929 bits per heavy atom. The molecule has 3 rings (SSSR count). The van der Waals surface area contributed by atoms with Crippen LogP contribution in [0.4, 0.5) is 0 Å². The van der Waals surface area contributed by atoms with Gasteiger partial charge in [0.15, 0.2) is 0 Å². The fourth-order valence-corrected chi connectivity index (χ4v) is 4.51. The van der Waals surface area contributed by atoms with E-state index in [9.17, 15) is 0 Å². The molecule has 0 spiro atoms. The topological polar surface area (TPSA) is 8.81 Å². The van der Waals surface area contributed by atoms with Crippen molar-refractivity contribution in [3.8, 4) is 0 Å². The van der Waals surface area contributed by atoms with E-state index in [-0.39, 0.29) is 5.41 Å². The van der Waals surface area contributed by atoms with E-state index in [4.69, 9.17) is 0 Å². The van der Waals surface area contributed by atoms with Crippen LogP contribution in [0.3, 0.4) is 0 Å². The molecule has 2 aromatic carbocycles. The fraction of sp³-hybridized carbons (Fsp3) is 0.423. The lowest BCUT2D eigenvalue weighted by Crippen LogP contribution is -2.37. The molecular formula is C26H35N2+. The third-order valence-corrected chi connectivity index (χ3v) is 6.06. The molecule has 2 heteroatoms. The van der Waals surface area contributed by atoms with Gasteiger partial charge in [0.05, 0.1) is 6.54 Å². The van der Waals surface area contributed by atoms with E-state index < -0.39 is 0 Å². The molecule has 0 aliphatic heterocycles. The summed E-state index contributed by atoms with van der Waals surface area (Å²) in [6, 6.07) is 22.4. The smallest absolute Gasteiger partial charge is 0.237 e. The van der Waals surface area contributed by atoms with Gasteiger partial charge in [-0.3, -0.25) is 0 Å². The molecule has 0 aliphatic carbocycles. The lowest BCUT2D eigenvalue weighted by atomic mass is 9.70. The zero-order valence-corrected chi connectivity index (χ0v) is 17.7. The maximum atomic E-state index is 2.45. The van der Waals surface area contributed by atoms with Gasteiger partial charge in [0.2, 0.25) is 6.33 Å². The molecule has 0 N–H and O–H groups in total. The third-order valence-electron chi connectivity index (χ3n) is 6.06. The molecule has 2 atom stereocenters. The van der Waals surface area contributed by atoms with Gasteiger partial charge in [-0.1, -0.05) is 87.9 Å². The molecule has 3 aromatic rings. The Bertz CT molecular complexity index is 822. The van der Waals surface area contributed by atoms with Crippen LogP contribution >= 0.6 is 0 Å². The van der Waals surface area contributed by atoms with Crippen LogP contribution in [0.25, 0.3) is 0 Å². The minimum atomic E-state index is 0.0254. The van der Waals surface area contributed by atoms with Gasteiger partial charge in [-0.05, 0) is 36.8 Å². The van der Waals surface area contributed by atoms with Gasteiger partial charge in [-0.15, -0.1) is 0 Å². The van der Waals surface area contributed by atoms with Crippen molar-refractivity contribution < 1.29 is 4.57 Å². The van der Waals surface area contributed by atoms with Crippen molar-refractivity contribution in [2.75, 3.05) is 0 Å². The van der Waals surface area contributed by atoms with E-state index in [1.807, 2.05) is 0 Å². The molecule has 28 heavy (non-hydrogen) atoms. The van der Waals surface area contributed by atoms with E-state index in [1.165, 1.54) is 30.4 Å². The van der Waals surface area contributed by atoms with E-state index in [0.717, 1.165) is 19.4 Å². The van der Waals surface area contributed by atoms with E-state index in [1.54, 1.807) is 0 Å². The van der Waals surface area contributed by atoms with Crippen LogP contribution in [0.1, 0.15) is 63.6 Å². The van der Waals surface area contributed by atoms with Crippen LogP contribution in [0.5, 0.6) is 0 Å². The molecule has 2 nitrogen and oxygen atoms in total. The predicted molar refractivity (Wildman–Crippen MR) is 117 cm³/mol. The standard InChI is InChI=1S/C26H35N2/c1-4-6-13-18-27-19-20-28(22-27)25(5-2)26(3,24-16-11-8-12-17-24)21-23-14-9-7-10-15-23/h7-12,14-17,19-20,22,25H,4-6,13,18,21H2,1-3H3/q+1. The third kappa shape index (κ3) is 4.73. The average molecular weight is 376 g/mol. The molecule has 2 unspecified atom stereocenters. The maximum absolute atomic E-state index is 2.45. The van der Waals surface area contributed by atoms with Crippen molar-refractivity contribution in [3.63, 3.8) is 0 Å². The lowest BCUT2D eigenvalue weighted by molar-refractivity contribution is -0.697. The number of aryl methyl sites for hydroxylation is 1. The predicted octanol–water partition coefficient (Wildman–Crippen LogP) is 6.12. The SMILES string of the molecule is CCCCC[n+]1ccn(C(CC)C(C)(Cc2ccccc2)c2ccccc2)c1. The first-order valence-electron chi connectivity index (χ1n) is 10.8. The Morgan fingerprint density at radius 2 is 1.61 bits per heavy atom. The number of unbranched alkanes of at least 4 members (excludes halogenated alkanes) is 2.